The number of halogens is 2. The summed E-state index contributed by atoms with van der Waals surface area (Å²) in [5.41, 5.74) is 1.84. The summed E-state index contributed by atoms with van der Waals surface area (Å²) < 4.78 is 13.1. The van der Waals surface area contributed by atoms with Crippen LogP contribution in [0.25, 0.3) is 0 Å². The Morgan fingerprint density at radius 1 is 1.11 bits per heavy atom. The average molecular weight is 409 g/mol. The van der Waals surface area contributed by atoms with Gasteiger partial charge < -0.3 is 10.2 Å². The van der Waals surface area contributed by atoms with Crippen LogP contribution in [0.5, 0.6) is 0 Å². The van der Waals surface area contributed by atoms with Crippen LogP contribution in [0.4, 0.5) is 4.39 Å². The van der Waals surface area contributed by atoms with Crippen LogP contribution in [0.15, 0.2) is 48.5 Å². The lowest BCUT2D eigenvalue weighted by molar-refractivity contribution is -0.138. The molecule has 0 fully saturated rings. The fraction of sp³-hybridized carbons (Fsp3) is 0.300. The predicted octanol–water partition coefficient (Wildman–Crippen LogP) is 3.88. The molecule has 2 amide bonds. The molecule has 7 heteroatoms. The van der Waals surface area contributed by atoms with Crippen molar-refractivity contribution < 1.29 is 14.0 Å². The maximum Gasteiger partial charge on any atom is 0.242 e. The van der Waals surface area contributed by atoms with Gasteiger partial charge in [-0.25, -0.2) is 4.39 Å². The van der Waals surface area contributed by atoms with Crippen molar-refractivity contribution in [1.82, 2.24) is 10.2 Å². The number of hydrogen-bond acceptors (Lipinski definition) is 3. The number of amides is 2. The van der Waals surface area contributed by atoms with Crippen LogP contribution in [0.2, 0.25) is 5.02 Å². The van der Waals surface area contributed by atoms with E-state index in [1.54, 1.807) is 19.1 Å². The summed E-state index contributed by atoms with van der Waals surface area (Å²) in [6, 6.07) is 12.8. The molecule has 0 radical (unpaired) electrons. The van der Waals surface area contributed by atoms with Crippen LogP contribution in [-0.4, -0.2) is 35.6 Å². The number of carbonyl (C=O) groups is 2. The Labute approximate surface area is 168 Å². The maximum absolute atomic E-state index is 13.1. The Morgan fingerprint density at radius 2 is 1.70 bits per heavy atom. The molecule has 0 aliphatic rings. The number of thioether (sulfide) groups is 1. The van der Waals surface area contributed by atoms with E-state index in [2.05, 4.69) is 5.32 Å². The number of rotatable bonds is 8. The molecular weight excluding hydrogens is 387 g/mol. The van der Waals surface area contributed by atoms with Crippen LogP contribution in [0.1, 0.15) is 18.1 Å². The molecule has 0 unspecified atom stereocenters. The second kappa shape index (κ2) is 10.3. The lowest BCUT2D eigenvalue weighted by atomic mass is 10.1. The average Bonchev–Trinajstić information content (AvgIpc) is 2.67. The lowest BCUT2D eigenvalue weighted by Gasteiger charge is -2.28. The van der Waals surface area contributed by atoms with E-state index >= 15 is 0 Å². The minimum atomic E-state index is -0.622. The number of nitrogens with one attached hydrogen (secondary N) is 1. The van der Waals surface area contributed by atoms with Crippen LogP contribution >= 0.6 is 23.4 Å². The van der Waals surface area contributed by atoms with Gasteiger partial charge in [0.2, 0.25) is 11.8 Å². The highest BCUT2D eigenvalue weighted by atomic mass is 35.5. The second-order valence-electron chi connectivity index (χ2n) is 6.06. The second-order valence-corrected chi connectivity index (χ2v) is 7.48. The molecule has 0 bridgehead atoms. The van der Waals surface area contributed by atoms with Crippen molar-refractivity contribution >= 4 is 35.2 Å². The molecule has 0 aromatic heterocycles. The zero-order valence-electron chi connectivity index (χ0n) is 15.2. The Morgan fingerprint density at radius 3 is 2.30 bits per heavy atom. The minimum Gasteiger partial charge on any atom is -0.357 e. The maximum atomic E-state index is 13.1. The summed E-state index contributed by atoms with van der Waals surface area (Å²) in [6.07, 6.45) is 0. The molecule has 0 saturated carbocycles. The molecule has 2 aromatic rings. The van der Waals surface area contributed by atoms with Gasteiger partial charge >= 0.3 is 0 Å². The molecule has 0 aliphatic heterocycles. The molecule has 1 atom stereocenters. The van der Waals surface area contributed by atoms with Gasteiger partial charge in [0.1, 0.15) is 11.9 Å². The largest absolute Gasteiger partial charge is 0.357 e. The van der Waals surface area contributed by atoms with Crippen molar-refractivity contribution in [3.63, 3.8) is 0 Å². The van der Waals surface area contributed by atoms with Crippen molar-refractivity contribution in [1.29, 1.82) is 0 Å². The van der Waals surface area contributed by atoms with Crippen LogP contribution in [0.3, 0.4) is 0 Å². The van der Waals surface area contributed by atoms with Gasteiger partial charge in [0, 0.05) is 24.4 Å². The molecule has 0 saturated heterocycles. The van der Waals surface area contributed by atoms with Gasteiger partial charge in [-0.05, 0) is 42.3 Å². The topological polar surface area (TPSA) is 49.4 Å². The molecule has 144 valence electrons. The van der Waals surface area contributed by atoms with E-state index in [0.717, 1.165) is 11.1 Å². The summed E-state index contributed by atoms with van der Waals surface area (Å²) in [4.78, 5) is 26.3. The third-order valence-electron chi connectivity index (χ3n) is 4.09. The molecule has 27 heavy (non-hydrogen) atoms. The van der Waals surface area contributed by atoms with Crippen molar-refractivity contribution in [2.24, 2.45) is 0 Å². The first-order valence-electron chi connectivity index (χ1n) is 8.48. The summed E-state index contributed by atoms with van der Waals surface area (Å²) in [5, 5.41) is 3.24. The van der Waals surface area contributed by atoms with E-state index in [1.165, 1.54) is 35.8 Å². The van der Waals surface area contributed by atoms with Gasteiger partial charge in [-0.1, -0.05) is 35.9 Å². The fourth-order valence-corrected chi connectivity index (χ4v) is 3.49. The van der Waals surface area contributed by atoms with E-state index in [-0.39, 0.29) is 29.9 Å². The Bertz CT molecular complexity index is 769. The number of likely N-dealkylation sites (N-methyl/N-ethyl adjacent to an activating group) is 1. The predicted molar refractivity (Wildman–Crippen MR) is 108 cm³/mol. The standard InChI is InChI=1S/C20H22ClFN2O2S/c1-14(20(26)23-2)24(11-15-5-9-18(22)10-6-15)19(25)13-27-12-16-3-7-17(21)8-4-16/h3-10,14H,11-13H2,1-2H3,(H,23,26)/t14-/m0/s1. The Hall–Kier alpha value is -2.05. The van der Waals surface area contributed by atoms with E-state index in [1.807, 2.05) is 24.3 Å². The normalized spacial score (nSPS) is 11.7. The molecule has 1 N–H and O–H groups in total. The number of hydrogen-bond donors (Lipinski definition) is 1. The third-order valence-corrected chi connectivity index (χ3v) is 5.33. The van der Waals surface area contributed by atoms with Gasteiger partial charge in [0.15, 0.2) is 0 Å². The molecule has 4 nitrogen and oxygen atoms in total. The van der Waals surface area contributed by atoms with Crippen molar-refractivity contribution in [3.8, 4) is 0 Å². The van der Waals surface area contributed by atoms with Crippen LogP contribution in [-0.2, 0) is 21.9 Å². The Balaban J connectivity index is 2.02. The van der Waals surface area contributed by atoms with E-state index in [9.17, 15) is 14.0 Å². The van der Waals surface area contributed by atoms with Crippen LogP contribution in [0, 0.1) is 5.82 Å². The van der Waals surface area contributed by atoms with E-state index in [0.29, 0.717) is 10.8 Å². The molecule has 0 aliphatic carbocycles. The van der Waals surface area contributed by atoms with Crippen molar-refractivity contribution in [3.05, 3.63) is 70.5 Å². The molecule has 2 rings (SSSR count). The van der Waals surface area contributed by atoms with Gasteiger partial charge in [0.05, 0.1) is 5.75 Å². The van der Waals surface area contributed by atoms with Crippen molar-refractivity contribution in [2.75, 3.05) is 12.8 Å². The number of carbonyl (C=O) groups excluding carboxylic acids is 2. The lowest BCUT2D eigenvalue weighted by Crippen LogP contribution is -2.47. The first-order chi connectivity index (χ1) is 12.9. The zero-order valence-corrected chi connectivity index (χ0v) is 16.8. The molecule has 0 spiro atoms. The van der Waals surface area contributed by atoms with Gasteiger partial charge in [-0.2, -0.15) is 0 Å². The highest BCUT2D eigenvalue weighted by molar-refractivity contribution is 7.99. The highest BCUT2D eigenvalue weighted by Gasteiger charge is 2.25. The highest BCUT2D eigenvalue weighted by Crippen LogP contribution is 2.18. The monoisotopic (exact) mass is 408 g/mol. The summed E-state index contributed by atoms with van der Waals surface area (Å²) >= 11 is 7.35. The van der Waals surface area contributed by atoms with Gasteiger partial charge in [0.25, 0.3) is 0 Å². The summed E-state index contributed by atoms with van der Waals surface area (Å²) in [5.74, 6) is 0.185. The van der Waals surface area contributed by atoms with Crippen molar-refractivity contribution in [2.45, 2.75) is 25.3 Å². The molecular formula is C20H22ClFN2O2S. The van der Waals surface area contributed by atoms with E-state index in [4.69, 9.17) is 11.6 Å². The number of benzene rings is 2. The van der Waals surface area contributed by atoms with Gasteiger partial charge in [-0.3, -0.25) is 9.59 Å². The fourth-order valence-electron chi connectivity index (χ4n) is 2.50. The summed E-state index contributed by atoms with van der Waals surface area (Å²) in [6.45, 7) is 1.93. The number of nitrogens with zero attached hydrogens (tertiary/aromatic N) is 1. The van der Waals surface area contributed by atoms with E-state index < -0.39 is 6.04 Å². The Kier molecular flexibility index (Phi) is 8.13. The zero-order chi connectivity index (χ0) is 19.8. The summed E-state index contributed by atoms with van der Waals surface area (Å²) in [7, 11) is 1.54. The molecule has 2 aromatic carbocycles. The SMILES string of the molecule is CNC(=O)[C@H](C)N(Cc1ccc(F)cc1)C(=O)CSCc1ccc(Cl)cc1. The molecule has 0 heterocycles. The first kappa shape index (κ1) is 21.3. The quantitative estimate of drug-likeness (QED) is 0.721. The third kappa shape index (κ3) is 6.56. The van der Waals surface area contributed by atoms with Crippen LogP contribution < -0.4 is 5.32 Å². The van der Waals surface area contributed by atoms with Gasteiger partial charge in [-0.15, -0.1) is 11.8 Å². The first-order valence-corrected chi connectivity index (χ1v) is 10.0. The smallest absolute Gasteiger partial charge is 0.242 e. The minimum absolute atomic E-state index is 0.144.